The summed E-state index contributed by atoms with van der Waals surface area (Å²) in [6.07, 6.45) is -3.10. The Bertz CT molecular complexity index is 719. The van der Waals surface area contributed by atoms with Crippen molar-refractivity contribution in [3.8, 4) is 5.75 Å². The molecule has 0 amide bonds. The van der Waals surface area contributed by atoms with Gasteiger partial charge in [-0.25, -0.2) is 0 Å². The Labute approximate surface area is 176 Å². The van der Waals surface area contributed by atoms with E-state index in [9.17, 15) is 13.2 Å². The lowest BCUT2D eigenvalue weighted by Gasteiger charge is -2.39. The predicted octanol–water partition coefficient (Wildman–Crippen LogP) is 2.67. The number of hydrogen-bond donors (Lipinski definition) is 1. The van der Waals surface area contributed by atoms with Gasteiger partial charge in [0.15, 0.2) is 5.96 Å². The minimum Gasteiger partial charge on any atom is -0.497 e. The first-order valence-corrected chi connectivity index (χ1v) is 10.5. The van der Waals surface area contributed by atoms with Gasteiger partial charge >= 0.3 is 6.18 Å². The highest BCUT2D eigenvalue weighted by Gasteiger charge is 2.41. The van der Waals surface area contributed by atoms with Crippen LogP contribution in [-0.4, -0.2) is 87.9 Å². The van der Waals surface area contributed by atoms with Crippen LogP contribution in [0.25, 0.3) is 0 Å². The number of halogens is 3. The first kappa shape index (κ1) is 22.5. The van der Waals surface area contributed by atoms with Gasteiger partial charge in [0.2, 0.25) is 0 Å². The third-order valence-corrected chi connectivity index (χ3v) is 6.10. The van der Waals surface area contributed by atoms with Crippen molar-refractivity contribution in [2.24, 2.45) is 10.9 Å². The number of ether oxygens (including phenoxy) is 1. The van der Waals surface area contributed by atoms with Gasteiger partial charge in [-0.05, 0) is 31.4 Å². The van der Waals surface area contributed by atoms with Gasteiger partial charge in [0.25, 0.3) is 0 Å². The van der Waals surface area contributed by atoms with Crippen LogP contribution in [0.4, 0.5) is 18.9 Å². The van der Waals surface area contributed by atoms with Crippen molar-refractivity contribution >= 4 is 11.6 Å². The molecule has 2 aliphatic heterocycles. The molecule has 9 heteroatoms. The number of methoxy groups -OCH3 is 1. The SMILES string of the molecule is CN=C(NCC1CCN(c2cccc(OC)c2)C1)N1CCN(C(C)C(F)(F)F)CC1. The van der Waals surface area contributed by atoms with Crippen molar-refractivity contribution in [2.75, 3.05) is 64.9 Å². The van der Waals surface area contributed by atoms with E-state index in [1.165, 1.54) is 11.8 Å². The maximum Gasteiger partial charge on any atom is 0.403 e. The Hall–Kier alpha value is -2.16. The molecule has 168 valence electrons. The fourth-order valence-electron chi connectivity index (χ4n) is 4.14. The Morgan fingerprint density at radius 2 is 1.97 bits per heavy atom. The number of alkyl halides is 3. The van der Waals surface area contributed by atoms with E-state index in [2.05, 4.69) is 27.3 Å². The van der Waals surface area contributed by atoms with E-state index < -0.39 is 12.2 Å². The number of benzene rings is 1. The molecule has 3 rings (SSSR count). The lowest BCUT2D eigenvalue weighted by atomic mass is 10.1. The molecule has 1 aromatic rings. The van der Waals surface area contributed by atoms with E-state index in [-0.39, 0.29) is 0 Å². The number of rotatable bonds is 5. The van der Waals surface area contributed by atoms with E-state index in [0.717, 1.165) is 43.5 Å². The Balaban J connectivity index is 1.46. The molecule has 0 bridgehead atoms. The molecule has 0 aliphatic carbocycles. The van der Waals surface area contributed by atoms with Crippen LogP contribution < -0.4 is 15.0 Å². The monoisotopic (exact) mass is 427 g/mol. The normalized spacial score (nSPS) is 22.3. The maximum absolute atomic E-state index is 12.9. The van der Waals surface area contributed by atoms with E-state index >= 15 is 0 Å². The van der Waals surface area contributed by atoms with Crippen LogP contribution in [0.5, 0.6) is 5.75 Å². The topological polar surface area (TPSA) is 43.3 Å². The molecule has 0 aromatic heterocycles. The highest BCUT2D eigenvalue weighted by atomic mass is 19.4. The van der Waals surface area contributed by atoms with Gasteiger partial charge < -0.3 is 19.9 Å². The average Bonchev–Trinajstić information content (AvgIpc) is 3.22. The van der Waals surface area contributed by atoms with Crippen molar-refractivity contribution in [2.45, 2.75) is 25.6 Å². The van der Waals surface area contributed by atoms with Gasteiger partial charge in [-0.3, -0.25) is 9.89 Å². The summed E-state index contributed by atoms with van der Waals surface area (Å²) >= 11 is 0. The van der Waals surface area contributed by atoms with Crippen LogP contribution in [0.2, 0.25) is 0 Å². The van der Waals surface area contributed by atoms with Crippen LogP contribution in [0, 0.1) is 5.92 Å². The largest absolute Gasteiger partial charge is 0.497 e. The molecular formula is C21H32F3N5O. The lowest BCUT2D eigenvalue weighted by molar-refractivity contribution is -0.181. The van der Waals surface area contributed by atoms with Crippen molar-refractivity contribution < 1.29 is 17.9 Å². The standard InChI is InChI=1S/C21H32F3N5O/c1-16(21(22,23)24)27-9-11-28(12-10-27)20(25-2)26-14-17-7-8-29(15-17)18-5-4-6-19(13-18)30-3/h4-6,13,16-17H,7-12,14-15H2,1-3H3,(H,25,26). The highest BCUT2D eigenvalue weighted by Crippen LogP contribution is 2.27. The lowest BCUT2D eigenvalue weighted by Crippen LogP contribution is -2.57. The molecule has 2 atom stereocenters. The van der Waals surface area contributed by atoms with Crippen molar-refractivity contribution in [3.05, 3.63) is 24.3 Å². The summed E-state index contributed by atoms with van der Waals surface area (Å²) in [6, 6.07) is 6.68. The Morgan fingerprint density at radius 1 is 1.23 bits per heavy atom. The van der Waals surface area contributed by atoms with Gasteiger partial charge in [-0.15, -0.1) is 0 Å². The number of anilines is 1. The predicted molar refractivity (Wildman–Crippen MR) is 113 cm³/mol. The number of hydrogen-bond acceptors (Lipinski definition) is 4. The smallest absolute Gasteiger partial charge is 0.403 e. The van der Waals surface area contributed by atoms with E-state index in [1.54, 1.807) is 14.2 Å². The first-order valence-electron chi connectivity index (χ1n) is 10.5. The van der Waals surface area contributed by atoms with E-state index in [1.807, 2.05) is 17.0 Å². The van der Waals surface area contributed by atoms with Crippen LogP contribution in [0.15, 0.2) is 29.3 Å². The zero-order valence-electron chi connectivity index (χ0n) is 18.0. The Morgan fingerprint density at radius 3 is 2.60 bits per heavy atom. The summed E-state index contributed by atoms with van der Waals surface area (Å²) in [5.74, 6) is 2.11. The summed E-state index contributed by atoms with van der Waals surface area (Å²) in [4.78, 5) is 10.3. The molecule has 6 nitrogen and oxygen atoms in total. The first-order chi connectivity index (χ1) is 14.3. The zero-order chi connectivity index (χ0) is 21.7. The second-order valence-corrected chi connectivity index (χ2v) is 7.97. The highest BCUT2D eigenvalue weighted by molar-refractivity contribution is 5.80. The fourth-order valence-corrected chi connectivity index (χ4v) is 4.14. The third kappa shape index (κ3) is 5.50. The average molecular weight is 428 g/mol. The molecule has 0 radical (unpaired) electrons. The Kier molecular flexibility index (Phi) is 7.33. The molecule has 1 N–H and O–H groups in total. The van der Waals surface area contributed by atoms with Crippen LogP contribution >= 0.6 is 0 Å². The number of piperazine rings is 1. The van der Waals surface area contributed by atoms with Crippen LogP contribution in [0.3, 0.4) is 0 Å². The summed E-state index contributed by atoms with van der Waals surface area (Å²) in [6.45, 7) is 5.83. The molecule has 0 saturated carbocycles. The van der Waals surface area contributed by atoms with Gasteiger partial charge in [0.1, 0.15) is 11.8 Å². The van der Waals surface area contributed by atoms with Crippen molar-refractivity contribution in [3.63, 3.8) is 0 Å². The van der Waals surface area contributed by atoms with Crippen LogP contribution in [0.1, 0.15) is 13.3 Å². The molecule has 1 aromatic carbocycles. The van der Waals surface area contributed by atoms with Crippen LogP contribution in [-0.2, 0) is 0 Å². The summed E-state index contributed by atoms with van der Waals surface area (Å²) < 4.78 is 44.1. The minimum absolute atomic E-state index is 0.383. The second kappa shape index (κ2) is 9.76. The third-order valence-electron chi connectivity index (χ3n) is 6.10. The molecule has 30 heavy (non-hydrogen) atoms. The molecule has 2 heterocycles. The molecule has 2 fully saturated rings. The molecule has 0 spiro atoms. The van der Waals surface area contributed by atoms with E-state index in [0.29, 0.717) is 32.1 Å². The number of nitrogens with zero attached hydrogens (tertiary/aromatic N) is 4. The van der Waals surface area contributed by atoms with Gasteiger partial charge in [-0.1, -0.05) is 6.07 Å². The van der Waals surface area contributed by atoms with Gasteiger partial charge in [0.05, 0.1) is 7.11 Å². The second-order valence-electron chi connectivity index (χ2n) is 7.97. The van der Waals surface area contributed by atoms with Crippen molar-refractivity contribution in [1.82, 2.24) is 15.1 Å². The quantitative estimate of drug-likeness (QED) is 0.578. The molecule has 2 aliphatic rings. The minimum atomic E-state index is -4.18. The molecule has 2 unspecified atom stereocenters. The number of nitrogens with one attached hydrogen (secondary N) is 1. The molecular weight excluding hydrogens is 395 g/mol. The summed E-state index contributed by atoms with van der Waals surface area (Å²) in [5, 5.41) is 3.43. The number of guanidine groups is 1. The van der Waals surface area contributed by atoms with Crippen molar-refractivity contribution in [1.29, 1.82) is 0 Å². The summed E-state index contributed by atoms with van der Waals surface area (Å²) in [5.41, 5.74) is 1.16. The number of aliphatic imine (C=N–C) groups is 1. The maximum atomic E-state index is 12.9. The zero-order valence-corrected chi connectivity index (χ0v) is 18.0. The summed E-state index contributed by atoms with van der Waals surface area (Å²) in [7, 11) is 3.40. The fraction of sp³-hybridized carbons (Fsp3) is 0.667. The molecule has 2 saturated heterocycles. The van der Waals surface area contributed by atoms with Gasteiger partial charge in [0, 0.05) is 64.6 Å². The van der Waals surface area contributed by atoms with E-state index in [4.69, 9.17) is 4.74 Å². The van der Waals surface area contributed by atoms with Gasteiger partial charge in [-0.2, -0.15) is 13.2 Å².